The predicted octanol–water partition coefficient (Wildman–Crippen LogP) is 5.24. The Bertz CT molecular complexity index is 1220. The van der Waals surface area contributed by atoms with Crippen molar-refractivity contribution in [3.8, 4) is 11.5 Å². The van der Waals surface area contributed by atoms with Gasteiger partial charge in [0.1, 0.15) is 5.75 Å². The summed E-state index contributed by atoms with van der Waals surface area (Å²) in [6.07, 6.45) is -1.74. The molecular formula is C30H38F4N2O6. The summed E-state index contributed by atoms with van der Waals surface area (Å²) in [5.41, 5.74) is -2.77. The molecule has 42 heavy (non-hydrogen) atoms. The lowest BCUT2D eigenvalue weighted by atomic mass is 9.70. The summed E-state index contributed by atoms with van der Waals surface area (Å²) >= 11 is 0. The summed E-state index contributed by atoms with van der Waals surface area (Å²) in [5.74, 6) is -3.88. The molecule has 1 aromatic carbocycles. The molecule has 4 aliphatic carbocycles. The number of amides is 2. The van der Waals surface area contributed by atoms with Crippen LogP contribution in [0.3, 0.4) is 0 Å². The van der Waals surface area contributed by atoms with Crippen LogP contribution < -0.4 is 20.1 Å². The maximum Gasteiger partial charge on any atom is 0.404 e. The van der Waals surface area contributed by atoms with E-state index in [4.69, 9.17) is 9.47 Å². The summed E-state index contributed by atoms with van der Waals surface area (Å²) in [5, 5.41) is 15.4. The number of halogens is 4. The van der Waals surface area contributed by atoms with Crippen LogP contribution in [0.15, 0.2) is 12.1 Å². The molecular weight excluding hydrogens is 560 g/mol. The van der Waals surface area contributed by atoms with Crippen LogP contribution in [0.5, 0.6) is 11.5 Å². The molecule has 2 bridgehead atoms. The van der Waals surface area contributed by atoms with Crippen LogP contribution in [0.2, 0.25) is 0 Å². The smallest absolute Gasteiger partial charge is 0.404 e. The predicted molar refractivity (Wildman–Crippen MR) is 143 cm³/mol. The molecule has 4 atom stereocenters. The Labute approximate surface area is 241 Å². The Morgan fingerprint density at radius 1 is 1.02 bits per heavy atom. The number of benzene rings is 1. The van der Waals surface area contributed by atoms with Gasteiger partial charge in [0, 0.05) is 18.7 Å². The molecule has 4 saturated carbocycles. The number of carboxylic acid groups (broad SMARTS) is 1. The molecule has 4 unspecified atom stereocenters. The fourth-order valence-corrected chi connectivity index (χ4v) is 7.45. The van der Waals surface area contributed by atoms with Gasteiger partial charge in [-0.05, 0) is 81.1 Å². The van der Waals surface area contributed by atoms with Crippen LogP contribution in [0.4, 0.5) is 17.6 Å². The van der Waals surface area contributed by atoms with Crippen molar-refractivity contribution in [3.63, 3.8) is 0 Å². The van der Waals surface area contributed by atoms with E-state index in [9.17, 15) is 37.1 Å². The van der Waals surface area contributed by atoms with Gasteiger partial charge in [0.05, 0.1) is 24.7 Å². The van der Waals surface area contributed by atoms with Crippen LogP contribution in [0.1, 0.15) is 81.5 Å². The standard InChI is InChI=1S/C30H38F4N2O6/c1-28(8-3-9-28)15-35-26(38)23-16-4-5-17(12-16)24(23)36-25(37)19-13-22(20(31)14-21(19)41-2)42-18-6-10-29(11-7-18,27(39)40)30(32,33)34/h13-14,16-18,23-24H,3-12,15H2,1-2H3,(H,35,38)(H,36,37)(H,39,40). The molecule has 3 N–H and O–H groups in total. The van der Waals surface area contributed by atoms with Crippen molar-refractivity contribution < 1.29 is 46.5 Å². The minimum Gasteiger partial charge on any atom is -0.496 e. The largest absolute Gasteiger partial charge is 0.496 e. The molecule has 0 aliphatic heterocycles. The van der Waals surface area contributed by atoms with Gasteiger partial charge in [-0.3, -0.25) is 14.4 Å². The third-order valence-electron chi connectivity index (χ3n) is 10.3. The van der Waals surface area contributed by atoms with E-state index < -0.39 is 54.3 Å². The van der Waals surface area contributed by atoms with Crippen LogP contribution in [0, 0.1) is 34.4 Å². The number of carbonyl (C=O) groups excluding carboxylic acids is 2. The van der Waals surface area contributed by atoms with Crippen LogP contribution in [-0.4, -0.2) is 54.9 Å². The number of nitrogens with one attached hydrogen (secondary N) is 2. The average molecular weight is 599 g/mol. The number of rotatable bonds is 9. The van der Waals surface area contributed by atoms with E-state index in [1.54, 1.807) is 0 Å². The Morgan fingerprint density at radius 3 is 2.26 bits per heavy atom. The Hall–Kier alpha value is -3.05. The maximum absolute atomic E-state index is 15.0. The zero-order valence-electron chi connectivity index (χ0n) is 23.8. The molecule has 1 aromatic rings. The maximum atomic E-state index is 15.0. The number of carboxylic acids is 1. The van der Waals surface area contributed by atoms with Gasteiger partial charge in [-0.25, -0.2) is 4.39 Å². The van der Waals surface area contributed by atoms with Crippen molar-refractivity contribution in [2.75, 3.05) is 13.7 Å². The summed E-state index contributed by atoms with van der Waals surface area (Å²) in [7, 11) is 1.28. The first-order chi connectivity index (χ1) is 19.8. The van der Waals surface area contributed by atoms with Gasteiger partial charge in [0.25, 0.3) is 5.91 Å². The number of aliphatic carboxylic acids is 1. The second-order valence-corrected chi connectivity index (χ2v) is 12.9. The number of carbonyl (C=O) groups is 3. The molecule has 0 saturated heterocycles. The first-order valence-electron chi connectivity index (χ1n) is 14.7. The summed E-state index contributed by atoms with van der Waals surface area (Å²) in [6, 6.07) is 1.75. The number of hydrogen-bond donors (Lipinski definition) is 3. The van der Waals surface area contributed by atoms with Crippen molar-refractivity contribution in [2.45, 2.75) is 89.5 Å². The van der Waals surface area contributed by atoms with Crippen molar-refractivity contribution in [3.05, 3.63) is 23.5 Å². The van der Waals surface area contributed by atoms with Gasteiger partial charge in [-0.15, -0.1) is 0 Å². The van der Waals surface area contributed by atoms with Gasteiger partial charge in [-0.2, -0.15) is 13.2 Å². The monoisotopic (exact) mass is 598 g/mol. The number of hydrogen-bond acceptors (Lipinski definition) is 5. The lowest BCUT2D eigenvalue weighted by molar-refractivity contribution is -0.242. The molecule has 12 heteroatoms. The molecule has 0 heterocycles. The fourth-order valence-electron chi connectivity index (χ4n) is 7.45. The zero-order chi connectivity index (χ0) is 30.4. The second kappa shape index (κ2) is 11.2. The Balaban J connectivity index is 1.29. The van der Waals surface area contributed by atoms with Crippen molar-refractivity contribution in [2.24, 2.45) is 28.6 Å². The highest BCUT2D eigenvalue weighted by Crippen LogP contribution is 2.51. The highest BCUT2D eigenvalue weighted by molar-refractivity contribution is 5.98. The highest BCUT2D eigenvalue weighted by Gasteiger charge is 2.61. The molecule has 8 nitrogen and oxygen atoms in total. The number of ether oxygens (including phenoxy) is 2. The van der Waals surface area contributed by atoms with Crippen LogP contribution in [0.25, 0.3) is 0 Å². The normalized spacial score (nSPS) is 31.6. The molecule has 5 rings (SSSR count). The van der Waals surface area contributed by atoms with Gasteiger partial charge in [-0.1, -0.05) is 13.3 Å². The van der Waals surface area contributed by atoms with Crippen LogP contribution >= 0.6 is 0 Å². The lowest BCUT2D eigenvalue weighted by Gasteiger charge is -2.39. The molecule has 4 fully saturated rings. The highest BCUT2D eigenvalue weighted by atomic mass is 19.4. The Morgan fingerprint density at radius 2 is 1.69 bits per heavy atom. The molecule has 0 aromatic heterocycles. The summed E-state index contributed by atoms with van der Waals surface area (Å²) in [6.45, 7) is 2.76. The van der Waals surface area contributed by atoms with Crippen molar-refractivity contribution in [1.82, 2.24) is 10.6 Å². The van der Waals surface area contributed by atoms with Gasteiger partial charge >= 0.3 is 12.1 Å². The van der Waals surface area contributed by atoms with E-state index in [1.165, 1.54) is 7.11 Å². The molecule has 0 radical (unpaired) electrons. The molecule has 2 amide bonds. The summed E-state index contributed by atoms with van der Waals surface area (Å²) < 4.78 is 66.5. The van der Waals surface area contributed by atoms with E-state index in [0.29, 0.717) is 6.54 Å². The van der Waals surface area contributed by atoms with E-state index >= 15 is 0 Å². The van der Waals surface area contributed by atoms with Gasteiger partial charge < -0.3 is 25.2 Å². The van der Waals surface area contributed by atoms with Gasteiger partial charge in [0.2, 0.25) is 5.91 Å². The minimum absolute atomic E-state index is 0.0243. The fraction of sp³-hybridized carbons (Fsp3) is 0.700. The third-order valence-corrected chi connectivity index (χ3v) is 10.3. The van der Waals surface area contributed by atoms with E-state index in [2.05, 4.69) is 17.6 Å². The second-order valence-electron chi connectivity index (χ2n) is 12.9. The van der Waals surface area contributed by atoms with Crippen molar-refractivity contribution >= 4 is 17.8 Å². The van der Waals surface area contributed by atoms with Gasteiger partial charge in [0.15, 0.2) is 17.0 Å². The van der Waals surface area contributed by atoms with Crippen LogP contribution in [-0.2, 0) is 9.59 Å². The molecule has 0 spiro atoms. The average Bonchev–Trinajstić information content (AvgIpc) is 3.53. The Kier molecular flexibility index (Phi) is 8.12. The zero-order valence-corrected chi connectivity index (χ0v) is 23.8. The minimum atomic E-state index is -4.93. The van der Waals surface area contributed by atoms with E-state index in [0.717, 1.165) is 50.7 Å². The lowest BCUT2D eigenvalue weighted by Crippen LogP contribution is -2.51. The first-order valence-corrected chi connectivity index (χ1v) is 14.7. The summed E-state index contributed by atoms with van der Waals surface area (Å²) in [4.78, 5) is 38.3. The van der Waals surface area contributed by atoms with E-state index in [-0.39, 0.29) is 59.0 Å². The van der Waals surface area contributed by atoms with E-state index in [1.807, 2.05) is 0 Å². The molecule has 232 valence electrons. The number of alkyl halides is 3. The number of fused-ring (bicyclic) bond motifs is 2. The van der Waals surface area contributed by atoms with Crippen molar-refractivity contribution in [1.29, 1.82) is 0 Å². The SMILES string of the molecule is COc1cc(F)c(OC2CCC(C(=O)O)(C(F)(F)F)CC2)cc1C(=O)NC1C2CCC(C2)C1C(=O)NCC1(C)CCC1. The topological polar surface area (TPSA) is 114 Å². The molecule has 4 aliphatic rings. The third kappa shape index (κ3) is 5.53. The quantitative estimate of drug-likeness (QED) is 0.335. The first kappa shape index (κ1) is 30.4. The number of methoxy groups -OCH3 is 1.